The van der Waals surface area contributed by atoms with Crippen molar-refractivity contribution >= 4 is 0 Å². The topological polar surface area (TPSA) is 9.23 Å². The van der Waals surface area contributed by atoms with E-state index in [1.165, 1.54) is 27.8 Å². The molecule has 0 spiro atoms. The Labute approximate surface area is 73.4 Å². The Morgan fingerprint density at radius 2 is 1.42 bits per heavy atom. The van der Waals surface area contributed by atoms with E-state index in [-0.39, 0.29) is 0 Å². The molecular formula is C11H14O. The highest BCUT2D eigenvalue weighted by Gasteiger charge is 2.22. The van der Waals surface area contributed by atoms with Crippen molar-refractivity contribution in [3.8, 4) is 5.75 Å². The Morgan fingerprint density at radius 3 is 1.92 bits per heavy atom. The quantitative estimate of drug-likeness (QED) is 0.570. The molecule has 1 aromatic carbocycles. The van der Waals surface area contributed by atoms with Gasteiger partial charge in [0.2, 0.25) is 0 Å². The molecule has 0 saturated carbocycles. The number of hydrogen-bond acceptors (Lipinski definition) is 1. The second kappa shape index (κ2) is 2.25. The minimum atomic E-state index is 0.809. The van der Waals surface area contributed by atoms with E-state index < -0.39 is 0 Å². The standard InChI is InChI=1S/C11H14O/c1-6-7(2)9(4)11-10(5-12-11)8(6)3/h5H2,1-4H3. The van der Waals surface area contributed by atoms with Gasteiger partial charge in [-0.25, -0.2) is 0 Å². The minimum Gasteiger partial charge on any atom is -0.488 e. The number of fused-ring (bicyclic) bond motifs is 1. The second-order valence-corrected chi connectivity index (χ2v) is 3.60. The lowest BCUT2D eigenvalue weighted by atomic mass is 9.91. The number of hydrogen-bond donors (Lipinski definition) is 0. The lowest BCUT2D eigenvalue weighted by Crippen LogP contribution is -2.15. The van der Waals surface area contributed by atoms with E-state index in [2.05, 4.69) is 27.7 Å². The molecule has 0 unspecified atom stereocenters. The summed E-state index contributed by atoms with van der Waals surface area (Å²) in [4.78, 5) is 0. The zero-order chi connectivity index (χ0) is 8.88. The monoisotopic (exact) mass is 162 g/mol. The average molecular weight is 162 g/mol. The molecule has 0 saturated heterocycles. The molecule has 2 rings (SSSR count). The highest BCUT2D eigenvalue weighted by molar-refractivity contribution is 5.56. The Kier molecular flexibility index (Phi) is 1.44. The molecule has 1 heteroatoms. The maximum atomic E-state index is 5.42. The predicted molar refractivity (Wildman–Crippen MR) is 49.7 cm³/mol. The molecule has 0 atom stereocenters. The van der Waals surface area contributed by atoms with Gasteiger partial charge in [-0.05, 0) is 49.9 Å². The maximum Gasteiger partial charge on any atom is 0.129 e. The SMILES string of the molecule is Cc1c(C)c(C)c2c(c1C)CO2. The van der Waals surface area contributed by atoms with Crippen LogP contribution in [0.15, 0.2) is 0 Å². The van der Waals surface area contributed by atoms with E-state index in [0.717, 1.165) is 12.4 Å². The molecule has 12 heavy (non-hydrogen) atoms. The molecule has 1 aliphatic rings. The lowest BCUT2D eigenvalue weighted by Gasteiger charge is -2.27. The van der Waals surface area contributed by atoms with Gasteiger partial charge in [0, 0.05) is 5.56 Å². The normalized spacial score (nSPS) is 13.3. The molecule has 0 fully saturated rings. The van der Waals surface area contributed by atoms with Gasteiger partial charge in [0.1, 0.15) is 12.4 Å². The van der Waals surface area contributed by atoms with E-state index in [4.69, 9.17) is 4.74 Å². The minimum absolute atomic E-state index is 0.809. The molecule has 64 valence electrons. The van der Waals surface area contributed by atoms with Crippen molar-refractivity contribution in [3.05, 3.63) is 27.8 Å². The Balaban J connectivity index is 2.78. The molecule has 0 radical (unpaired) electrons. The summed E-state index contributed by atoms with van der Waals surface area (Å²) >= 11 is 0. The maximum absolute atomic E-state index is 5.42. The van der Waals surface area contributed by atoms with Crippen molar-refractivity contribution in [2.75, 3.05) is 0 Å². The molecular weight excluding hydrogens is 148 g/mol. The van der Waals surface area contributed by atoms with E-state index in [9.17, 15) is 0 Å². The van der Waals surface area contributed by atoms with Gasteiger partial charge in [-0.2, -0.15) is 0 Å². The smallest absolute Gasteiger partial charge is 0.129 e. The zero-order valence-electron chi connectivity index (χ0n) is 8.12. The average Bonchev–Trinajstić information content (AvgIpc) is 1.97. The molecule has 1 aromatic rings. The second-order valence-electron chi connectivity index (χ2n) is 3.60. The summed E-state index contributed by atoms with van der Waals surface area (Å²) in [5.74, 6) is 1.13. The molecule has 1 nitrogen and oxygen atoms in total. The van der Waals surface area contributed by atoms with Crippen LogP contribution in [-0.4, -0.2) is 0 Å². The van der Waals surface area contributed by atoms with Gasteiger partial charge < -0.3 is 4.74 Å². The van der Waals surface area contributed by atoms with Crippen LogP contribution in [0.3, 0.4) is 0 Å². The predicted octanol–water partition coefficient (Wildman–Crippen LogP) is 2.81. The molecule has 0 aliphatic carbocycles. The largest absolute Gasteiger partial charge is 0.488 e. The van der Waals surface area contributed by atoms with Crippen LogP contribution in [0, 0.1) is 27.7 Å². The van der Waals surface area contributed by atoms with Gasteiger partial charge in [0.25, 0.3) is 0 Å². The first-order valence-electron chi connectivity index (χ1n) is 4.35. The molecule has 0 N–H and O–H groups in total. The third-order valence-corrected chi connectivity index (χ3v) is 3.12. The van der Waals surface area contributed by atoms with Gasteiger partial charge in [-0.1, -0.05) is 0 Å². The van der Waals surface area contributed by atoms with Gasteiger partial charge in [0.05, 0.1) is 0 Å². The molecule has 0 aromatic heterocycles. The summed E-state index contributed by atoms with van der Waals surface area (Å²) in [6.45, 7) is 9.49. The van der Waals surface area contributed by atoms with E-state index in [1.807, 2.05) is 0 Å². The number of ether oxygens (including phenoxy) is 1. The Hall–Kier alpha value is -0.980. The number of benzene rings is 1. The van der Waals surface area contributed by atoms with Crippen molar-refractivity contribution in [3.63, 3.8) is 0 Å². The van der Waals surface area contributed by atoms with E-state index in [1.54, 1.807) is 0 Å². The first kappa shape index (κ1) is 7.66. The summed E-state index contributed by atoms with van der Waals surface area (Å²) in [5, 5.41) is 0. The van der Waals surface area contributed by atoms with Crippen LogP contribution in [-0.2, 0) is 6.61 Å². The molecule has 1 heterocycles. The fraction of sp³-hybridized carbons (Fsp3) is 0.455. The van der Waals surface area contributed by atoms with Crippen molar-refractivity contribution in [2.24, 2.45) is 0 Å². The van der Waals surface area contributed by atoms with Gasteiger partial charge in [-0.3, -0.25) is 0 Å². The molecule has 0 amide bonds. The highest BCUT2D eigenvalue weighted by atomic mass is 16.5. The van der Waals surface area contributed by atoms with Crippen molar-refractivity contribution < 1.29 is 4.74 Å². The molecule has 1 aliphatic heterocycles. The Bertz CT molecular complexity index is 260. The van der Waals surface area contributed by atoms with Crippen LogP contribution >= 0.6 is 0 Å². The van der Waals surface area contributed by atoms with Crippen LogP contribution in [0.1, 0.15) is 27.8 Å². The van der Waals surface area contributed by atoms with E-state index >= 15 is 0 Å². The summed E-state index contributed by atoms with van der Waals surface area (Å²) in [7, 11) is 0. The lowest BCUT2D eigenvalue weighted by molar-refractivity contribution is 0.239. The summed E-state index contributed by atoms with van der Waals surface area (Å²) in [6, 6.07) is 0. The summed E-state index contributed by atoms with van der Waals surface area (Å²) in [6.07, 6.45) is 0. The first-order valence-corrected chi connectivity index (χ1v) is 4.35. The van der Waals surface area contributed by atoms with Crippen molar-refractivity contribution in [1.82, 2.24) is 0 Å². The van der Waals surface area contributed by atoms with Crippen LogP contribution < -0.4 is 4.74 Å². The van der Waals surface area contributed by atoms with Crippen molar-refractivity contribution in [2.45, 2.75) is 34.3 Å². The fourth-order valence-electron chi connectivity index (χ4n) is 1.79. The highest BCUT2D eigenvalue weighted by Crippen LogP contribution is 2.39. The van der Waals surface area contributed by atoms with Crippen molar-refractivity contribution in [1.29, 1.82) is 0 Å². The van der Waals surface area contributed by atoms with Crippen LogP contribution in [0.5, 0.6) is 5.75 Å². The van der Waals surface area contributed by atoms with Gasteiger partial charge in [0.15, 0.2) is 0 Å². The van der Waals surface area contributed by atoms with Gasteiger partial charge >= 0.3 is 0 Å². The summed E-state index contributed by atoms with van der Waals surface area (Å²) < 4.78 is 5.42. The third kappa shape index (κ3) is 0.739. The summed E-state index contributed by atoms with van der Waals surface area (Å²) in [5.41, 5.74) is 6.95. The fourth-order valence-corrected chi connectivity index (χ4v) is 1.79. The van der Waals surface area contributed by atoms with E-state index in [0.29, 0.717) is 0 Å². The van der Waals surface area contributed by atoms with Crippen LogP contribution in [0.2, 0.25) is 0 Å². The number of rotatable bonds is 0. The third-order valence-electron chi connectivity index (χ3n) is 3.12. The van der Waals surface area contributed by atoms with Crippen LogP contribution in [0.25, 0.3) is 0 Å². The van der Waals surface area contributed by atoms with Gasteiger partial charge in [-0.15, -0.1) is 0 Å². The zero-order valence-corrected chi connectivity index (χ0v) is 8.12. The first-order chi connectivity index (χ1) is 5.63. The van der Waals surface area contributed by atoms with Crippen LogP contribution in [0.4, 0.5) is 0 Å². The molecule has 0 bridgehead atoms. The Morgan fingerprint density at radius 1 is 0.833 bits per heavy atom.